The summed E-state index contributed by atoms with van der Waals surface area (Å²) in [6.07, 6.45) is 3.79. The number of sulfonamides is 1. The Balaban J connectivity index is 1.74. The number of halogens is 1. The van der Waals surface area contributed by atoms with E-state index in [1.165, 1.54) is 10.4 Å². The quantitative estimate of drug-likeness (QED) is 0.633. The average molecular weight is 423 g/mol. The second-order valence-electron chi connectivity index (χ2n) is 6.74. The lowest BCUT2D eigenvalue weighted by Crippen LogP contribution is -2.35. The molecule has 150 valence electrons. The third-order valence-corrected chi connectivity index (χ3v) is 7.01. The summed E-state index contributed by atoms with van der Waals surface area (Å²) in [6, 6.07) is 9.71. The number of benzene rings is 1. The van der Waals surface area contributed by atoms with Crippen molar-refractivity contribution in [3.05, 3.63) is 58.9 Å². The first-order valence-electron chi connectivity index (χ1n) is 9.25. The Labute approximate surface area is 170 Å². The van der Waals surface area contributed by atoms with Crippen LogP contribution >= 0.6 is 11.6 Å². The number of carbonyl (C=O) groups excluding carboxylic acids is 1. The van der Waals surface area contributed by atoms with Gasteiger partial charge in [-0.2, -0.15) is 4.31 Å². The minimum absolute atomic E-state index is 0.169. The van der Waals surface area contributed by atoms with Crippen LogP contribution < -0.4 is 0 Å². The molecule has 8 heteroatoms. The lowest BCUT2D eigenvalue weighted by Gasteiger charge is -2.26. The molecule has 0 radical (unpaired) electrons. The van der Waals surface area contributed by atoms with Gasteiger partial charge in [0, 0.05) is 29.9 Å². The highest BCUT2D eigenvalue weighted by Crippen LogP contribution is 2.30. The predicted octanol–water partition coefficient (Wildman–Crippen LogP) is 3.87. The molecule has 0 spiro atoms. The van der Waals surface area contributed by atoms with Crippen molar-refractivity contribution < 1.29 is 17.9 Å². The van der Waals surface area contributed by atoms with E-state index < -0.39 is 16.1 Å². The van der Waals surface area contributed by atoms with E-state index in [1.807, 2.05) is 0 Å². The molecule has 1 aromatic heterocycles. The molecule has 0 bridgehead atoms. The lowest BCUT2D eigenvalue weighted by molar-refractivity contribution is 0.0516. The maximum absolute atomic E-state index is 12.9. The third kappa shape index (κ3) is 4.78. The largest absolute Gasteiger partial charge is 0.366 e. The summed E-state index contributed by atoms with van der Waals surface area (Å²) in [5.41, 5.74) is 0.857. The van der Waals surface area contributed by atoms with Gasteiger partial charge in [0.25, 0.3) is 0 Å². The first-order chi connectivity index (χ1) is 13.4. The molecule has 3 rings (SSSR count). The SMILES string of the molecule is CC(OCC(=O)c1ccccn1)c1cc(S(=O)(=O)N2CCCCC2)ccc1Cl. The molecule has 1 saturated heterocycles. The normalized spacial score (nSPS) is 16.6. The topological polar surface area (TPSA) is 76.6 Å². The molecule has 0 amide bonds. The summed E-state index contributed by atoms with van der Waals surface area (Å²) in [4.78, 5) is 16.4. The van der Waals surface area contributed by atoms with Crippen LogP contribution in [0, 0.1) is 0 Å². The summed E-state index contributed by atoms with van der Waals surface area (Å²) in [7, 11) is -3.57. The summed E-state index contributed by atoms with van der Waals surface area (Å²) >= 11 is 6.27. The number of ketones is 1. The zero-order valence-corrected chi connectivity index (χ0v) is 17.2. The molecular weight excluding hydrogens is 400 g/mol. The third-order valence-electron chi connectivity index (χ3n) is 4.77. The molecule has 6 nitrogen and oxygen atoms in total. The van der Waals surface area contributed by atoms with E-state index in [0.717, 1.165) is 19.3 Å². The zero-order valence-electron chi connectivity index (χ0n) is 15.7. The predicted molar refractivity (Wildman–Crippen MR) is 107 cm³/mol. The number of rotatable bonds is 7. The van der Waals surface area contributed by atoms with Crippen LogP contribution in [0.25, 0.3) is 0 Å². The van der Waals surface area contributed by atoms with Crippen molar-refractivity contribution in [1.29, 1.82) is 0 Å². The number of pyridine rings is 1. The van der Waals surface area contributed by atoms with Gasteiger partial charge >= 0.3 is 0 Å². The standard InChI is InChI=1S/C20H23ClN2O4S/c1-15(27-14-20(24)19-7-3-4-10-22-19)17-13-16(8-9-18(17)21)28(25,26)23-11-5-2-6-12-23/h3-4,7-10,13,15H,2,5-6,11-12,14H2,1H3. The first kappa shape index (κ1) is 20.9. The number of aromatic nitrogens is 1. The Morgan fingerprint density at radius 3 is 2.64 bits per heavy atom. The molecule has 0 aliphatic carbocycles. The molecule has 1 aromatic carbocycles. The fraction of sp³-hybridized carbons (Fsp3) is 0.400. The summed E-state index contributed by atoms with van der Waals surface area (Å²) in [6.45, 7) is 2.64. The van der Waals surface area contributed by atoms with Gasteiger partial charge in [-0.25, -0.2) is 8.42 Å². The molecule has 0 N–H and O–H groups in total. The number of ether oxygens (including phenoxy) is 1. The van der Waals surface area contributed by atoms with Gasteiger partial charge in [-0.15, -0.1) is 0 Å². The van der Waals surface area contributed by atoms with Crippen LogP contribution in [-0.4, -0.2) is 43.2 Å². The van der Waals surface area contributed by atoms with Gasteiger partial charge in [0.1, 0.15) is 12.3 Å². The number of piperidine rings is 1. The second-order valence-corrected chi connectivity index (χ2v) is 9.08. The first-order valence-corrected chi connectivity index (χ1v) is 11.1. The monoisotopic (exact) mass is 422 g/mol. The van der Waals surface area contributed by atoms with Crippen molar-refractivity contribution in [2.24, 2.45) is 0 Å². The smallest absolute Gasteiger partial charge is 0.243 e. The number of Topliss-reactive ketones (excluding diaryl/α,β-unsaturated/α-hetero) is 1. The molecular formula is C20H23ClN2O4S. The Hall–Kier alpha value is -1.80. The van der Waals surface area contributed by atoms with E-state index in [9.17, 15) is 13.2 Å². The molecule has 0 saturated carbocycles. The number of nitrogens with zero attached hydrogens (tertiary/aromatic N) is 2. The van der Waals surface area contributed by atoms with Gasteiger partial charge in [0.05, 0.1) is 11.0 Å². The van der Waals surface area contributed by atoms with E-state index >= 15 is 0 Å². The van der Waals surface area contributed by atoms with Crippen LogP contribution in [0.4, 0.5) is 0 Å². The van der Waals surface area contributed by atoms with Crippen molar-refractivity contribution in [3.63, 3.8) is 0 Å². The average Bonchev–Trinajstić information content (AvgIpc) is 2.73. The van der Waals surface area contributed by atoms with Crippen LogP contribution in [-0.2, 0) is 14.8 Å². The minimum atomic E-state index is -3.57. The second kappa shape index (κ2) is 9.13. The van der Waals surface area contributed by atoms with Gasteiger partial charge in [0.15, 0.2) is 0 Å². The molecule has 28 heavy (non-hydrogen) atoms. The summed E-state index contributed by atoms with van der Waals surface area (Å²) < 4.78 is 33.0. The number of carbonyl (C=O) groups is 1. The number of hydrogen-bond donors (Lipinski definition) is 0. The van der Waals surface area contributed by atoms with E-state index in [-0.39, 0.29) is 17.3 Å². The van der Waals surface area contributed by atoms with Gasteiger partial charge in [0.2, 0.25) is 15.8 Å². The van der Waals surface area contributed by atoms with Crippen molar-refractivity contribution in [2.75, 3.05) is 19.7 Å². The van der Waals surface area contributed by atoms with Crippen LogP contribution in [0.2, 0.25) is 5.02 Å². The molecule has 1 aliphatic rings. The minimum Gasteiger partial charge on any atom is -0.366 e. The maximum Gasteiger partial charge on any atom is 0.243 e. The van der Waals surface area contributed by atoms with Crippen molar-refractivity contribution >= 4 is 27.4 Å². The van der Waals surface area contributed by atoms with Crippen LogP contribution in [0.15, 0.2) is 47.5 Å². The van der Waals surface area contributed by atoms with Crippen LogP contribution in [0.5, 0.6) is 0 Å². The summed E-state index contributed by atoms with van der Waals surface area (Å²) in [5, 5.41) is 0.398. The zero-order chi connectivity index (χ0) is 20.1. The molecule has 2 aromatic rings. The van der Waals surface area contributed by atoms with E-state index in [4.69, 9.17) is 16.3 Å². The Bertz CT molecular complexity index is 928. The lowest BCUT2D eigenvalue weighted by atomic mass is 10.1. The highest BCUT2D eigenvalue weighted by molar-refractivity contribution is 7.89. The highest BCUT2D eigenvalue weighted by Gasteiger charge is 2.27. The Morgan fingerprint density at radius 2 is 1.96 bits per heavy atom. The van der Waals surface area contributed by atoms with Crippen LogP contribution in [0.3, 0.4) is 0 Å². The maximum atomic E-state index is 12.9. The molecule has 1 fully saturated rings. The van der Waals surface area contributed by atoms with Crippen molar-refractivity contribution in [2.45, 2.75) is 37.2 Å². The van der Waals surface area contributed by atoms with Crippen LogP contribution in [0.1, 0.15) is 48.3 Å². The van der Waals surface area contributed by atoms with Gasteiger partial charge in [-0.05, 0) is 50.1 Å². The Morgan fingerprint density at radius 1 is 1.21 bits per heavy atom. The fourth-order valence-electron chi connectivity index (χ4n) is 3.14. The van der Waals surface area contributed by atoms with Crippen molar-refractivity contribution in [1.82, 2.24) is 9.29 Å². The number of hydrogen-bond acceptors (Lipinski definition) is 5. The van der Waals surface area contributed by atoms with Crippen molar-refractivity contribution in [3.8, 4) is 0 Å². The molecule has 1 unspecified atom stereocenters. The molecule has 2 heterocycles. The van der Waals surface area contributed by atoms with E-state index in [0.29, 0.717) is 29.4 Å². The molecule has 1 atom stereocenters. The van der Waals surface area contributed by atoms with Gasteiger partial charge in [-0.3, -0.25) is 9.78 Å². The fourth-order valence-corrected chi connectivity index (χ4v) is 4.96. The van der Waals surface area contributed by atoms with Gasteiger partial charge in [-0.1, -0.05) is 24.1 Å². The molecule has 1 aliphatic heterocycles. The Kier molecular flexibility index (Phi) is 6.82. The van der Waals surface area contributed by atoms with E-state index in [1.54, 1.807) is 43.5 Å². The highest BCUT2D eigenvalue weighted by atomic mass is 35.5. The van der Waals surface area contributed by atoms with E-state index in [2.05, 4.69) is 4.98 Å². The van der Waals surface area contributed by atoms with Gasteiger partial charge < -0.3 is 4.74 Å². The summed E-state index contributed by atoms with van der Waals surface area (Å²) in [5.74, 6) is -0.249.